The maximum atomic E-state index is 13.2. The van der Waals surface area contributed by atoms with Crippen molar-refractivity contribution < 1.29 is 9.50 Å². The number of aryl methyl sites for hydroxylation is 2. The van der Waals surface area contributed by atoms with Crippen LogP contribution in [0.1, 0.15) is 27.7 Å². The van der Waals surface area contributed by atoms with Gasteiger partial charge in [-0.15, -0.1) is 11.3 Å². The Kier molecular flexibility index (Phi) is 3.32. The molecule has 0 fully saturated rings. The Hall–Kier alpha value is -1.71. The van der Waals surface area contributed by atoms with Crippen molar-refractivity contribution in [1.29, 1.82) is 0 Å². The summed E-state index contributed by atoms with van der Waals surface area (Å²) in [4.78, 5) is 0.843. The van der Waals surface area contributed by atoms with Crippen molar-refractivity contribution in [3.63, 3.8) is 0 Å². The molecule has 2 aromatic carbocycles. The fraction of sp³-hybridized carbons (Fsp3) is 0.176. The van der Waals surface area contributed by atoms with Crippen molar-refractivity contribution in [3.05, 3.63) is 69.8 Å². The SMILES string of the molecule is Cc1cc(C)cc(C(O)c2cc3cc(F)ccc3s2)c1. The lowest BCUT2D eigenvalue weighted by atomic mass is 10.0. The van der Waals surface area contributed by atoms with Crippen molar-refractivity contribution in [1.82, 2.24) is 0 Å². The van der Waals surface area contributed by atoms with Crippen LogP contribution in [0.25, 0.3) is 10.1 Å². The van der Waals surface area contributed by atoms with Crippen LogP contribution in [0.15, 0.2) is 42.5 Å². The molecule has 3 aromatic rings. The normalized spacial score (nSPS) is 12.8. The zero-order valence-electron chi connectivity index (χ0n) is 11.4. The highest BCUT2D eigenvalue weighted by molar-refractivity contribution is 7.19. The highest BCUT2D eigenvalue weighted by Gasteiger charge is 2.14. The van der Waals surface area contributed by atoms with Gasteiger partial charge in [-0.25, -0.2) is 4.39 Å². The Labute approximate surface area is 121 Å². The van der Waals surface area contributed by atoms with Gasteiger partial charge in [0.2, 0.25) is 0 Å². The van der Waals surface area contributed by atoms with Gasteiger partial charge in [0.1, 0.15) is 11.9 Å². The lowest BCUT2D eigenvalue weighted by Gasteiger charge is -2.10. The highest BCUT2D eigenvalue weighted by Crippen LogP contribution is 2.34. The summed E-state index contributed by atoms with van der Waals surface area (Å²) in [7, 11) is 0. The van der Waals surface area contributed by atoms with E-state index in [-0.39, 0.29) is 5.82 Å². The van der Waals surface area contributed by atoms with Gasteiger partial charge in [-0.05, 0) is 49.1 Å². The second-order valence-electron chi connectivity index (χ2n) is 5.15. The van der Waals surface area contributed by atoms with Crippen molar-refractivity contribution in [2.75, 3.05) is 0 Å². The number of thiophene rings is 1. The Balaban J connectivity index is 2.05. The number of benzene rings is 2. The number of rotatable bonds is 2. The van der Waals surface area contributed by atoms with Gasteiger partial charge in [-0.2, -0.15) is 0 Å². The minimum Gasteiger partial charge on any atom is -0.383 e. The molecular formula is C17H15FOS. The van der Waals surface area contributed by atoms with E-state index in [4.69, 9.17) is 0 Å². The maximum Gasteiger partial charge on any atom is 0.123 e. The Morgan fingerprint density at radius 1 is 1.00 bits per heavy atom. The number of fused-ring (bicyclic) bond motifs is 1. The summed E-state index contributed by atoms with van der Waals surface area (Å²) >= 11 is 1.50. The average Bonchev–Trinajstić information content (AvgIpc) is 2.79. The number of halogens is 1. The minimum atomic E-state index is -0.658. The molecule has 1 aromatic heterocycles. The molecule has 0 aliphatic rings. The maximum absolute atomic E-state index is 13.2. The number of hydrogen-bond acceptors (Lipinski definition) is 2. The first kappa shape index (κ1) is 13.3. The molecular weight excluding hydrogens is 271 g/mol. The van der Waals surface area contributed by atoms with E-state index in [1.54, 1.807) is 6.07 Å². The topological polar surface area (TPSA) is 20.2 Å². The second kappa shape index (κ2) is 5.00. The minimum absolute atomic E-state index is 0.247. The molecule has 0 aliphatic carbocycles. The molecule has 1 unspecified atom stereocenters. The molecule has 0 saturated heterocycles. The third-order valence-corrected chi connectivity index (χ3v) is 4.50. The molecule has 0 spiro atoms. The summed E-state index contributed by atoms with van der Waals surface area (Å²) in [6.45, 7) is 4.03. The Bertz CT molecular complexity index is 756. The molecule has 0 aliphatic heterocycles. The van der Waals surface area contributed by atoms with Gasteiger partial charge in [-0.3, -0.25) is 0 Å². The van der Waals surface area contributed by atoms with Gasteiger partial charge in [-0.1, -0.05) is 29.3 Å². The summed E-state index contributed by atoms with van der Waals surface area (Å²) in [5.74, 6) is -0.247. The van der Waals surface area contributed by atoms with Crippen LogP contribution in [0.5, 0.6) is 0 Å². The van der Waals surface area contributed by atoms with E-state index < -0.39 is 6.10 Å². The third-order valence-electron chi connectivity index (χ3n) is 3.33. The van der Waals surface area contributed by atoms with Gasteiger partial charge >= 0.3 is 0 Å². The van der Waals surface area contributed by atoms with E-state index in [1.807, 2.05) is 32.0 Å². The van der Waals surface area contributed by atoms with Crippen molar-refractivity contribution >= 4 is 21.4 Å². The van der Waals surface area contributed by atoms with E-state index in [2.05, 4.69) is 6.07 Å². The molecule has 1 nitrogen and oxygen atoms in total. The fourth-order valence-electron chi connectivity index (χ4n) is 2.50. The van der Waals surface area contributed by atoms with E-state index in [9.17, 15) is 9.50 Å². The summed E-state index contributed by atoms with van der Waals surface area (Å²) < 4.78 is 14.2. The summed E-state index contributed by atoms with van der Waals surface area (Å²) in [5.41, 5.74) is 3.15. The lowest BCUT2D eigenvalue weighted by Crippen LogP contribution is -1.98. The van der Waals surface area contributed by atoms with E-state index in [0.717, 1.165) is 31.7 Å². The van der Waals surface area contributed by atoms with Crippen LogP contribution in [-0.2, 0) is 0 Å². The molecule has 3 rings (SSSR count). The molecule has 20 heavy (non-hydrogen) atoms. The molecule has 0 radical (unpaired) electrons. The monoisotopic (exact) mass is 286 g/mol. The largest absolute Gasteiger partial charge is 0.383 e. The van der Waals surface area contributed by atoms with Crippen LogP contribution >= 0.6 is 11.3 Å². The summed E-state index contributed by atoms with van der Waals surface area (Å²) in [6.07, 6.45) is -0.658. The highest BCUT2D eigenvalue weighted by atomic mass is 32.1. The summed E-state index contributed by atoms with van der Waals surface area (Å²) in [5, 5.41) is 11.4. The molecule has 0 saturated carbocycles. The quantitative estimate of drug-likeness (QED) is 0.721. The van der Waals surface area contributed by atoms with Gasteiger partial charge < -0.3 is 5.11 Å². The first-order valence-electron chi connectivity index (χ1n) is 6.48. The first-order chi connectivity index (χ1) is 9.52. The average molecular weight is 286 g/mol. The first-order valence-corrected chi connectivity index (χ1v) is 7.30. The Morgan fingerprint density at radius 3 is 2.40 bits per heavy atom. The standard InChI is InChI=1S/C17H15FOS/c1-10-5-11(2)7-13(6-10)17(19)16-9-12-8-14(18)3-4-15(12)20-16/h3-9,17,19H,1-2H3. The lowest BCUT2D eigenvalue weighted by molar-refractivity contribution is 0.224. The Morgan fingerprint density at radius 2 is 1.70 bits per heavy atom. The molecule has 3 heteroatoms. The van der Waals surface area contributed by atoms with Gasteiger partial charge in [0.05, 0.1) is 0 Å². The molecule has 102 valence electrons. The molecule has 1 atom stereocenters. The zero-order chi connectivity index (χ0) is 14.3. The smallest absolute Gasteiger partial charge is 0.123 e. The number of hydrogen-bond donors (Lipinski definition) is 1. The van der Waals surface area contributed by atoms with Crippen molar-refractivity contribution in [2.24, 2.45) is 0 Å². The predicted molar refractivity (Wildman–Crippen MR) is 81.8 cm³/mol. The van der Waals surface area contributed by atoms with Gasteiger partial charge in [0.15, 0.2) is 0 Å². The van der Waals surface area contributed by atoms with E-state index >= 15 is 0 Å². The van der Waals surface area contributed by atoms with E-state index in [0.29, 0.717) is 0 Å². The molecule has 1 N–H and O–H groups in total. The van der Waals surface area contributed by atoms with Gasteiger partial charge in [0, 0.05) is 9.58 Å². The third kappa shape index (κ3) is 2.47. The van der Waals surface area contributed by atoms with Crippen LogP contribution in [0.3, 0.4) is 0 Å². The van der Waals surface area contributed by atoms with Crippen LogP contribution in [0, 0.1) is 19.7 Å². The van der Waals surface area contributed by atoms with Crippen LogP contribution in [0.2, 0.25) is 0 Å². The van der Waals surface area contributed by atoms with Gasteiger partial charge in [0.25, 0.3) is 0 Å². The second-order valence-corrected chi connectivity index (χ2v) is 6.27. The summed E-state index contributed by atoms with van der Waals surface area (Å²) in [6, 6.07) is 12.6. The molecule has 0 amide bonds. The number of aliphatic hydroxyl groups excluding tert-OH is 1. The zero-order valence-corrected chi connectivity index (χ0v) is 12.2. The molecule has 1 heterocycles. The molecule has 0 bridgehead atoms. The van der Waals surface area contributed by atoms with Crippen LogP contribution in [0.4, 0.5) is 4.39 Å². The fourth-order valence-corrected chi connectivity index (χ4v) is 3.56. The van der Waals surface area contributed by atoms with E-state index in [1.165, 1.54) is 23.5 Å². The van der Waals surface area contributed by atoms with Crippen LogP contribution in [-0.4, -0.2) is 5.11 Å². The predicted octanol–water partition coefficient (Wildman–Crippen LogP) is 4.74. The number of aliphatic hydroxyl groups is 1. The van der Waals surface area contributed by atoms with Crippen molar-refractivity contribution in [2.45, 2.75) is 20.0 Å². The van der Waals surface area contributed by atoms with Crippen molar-refractivity contribution in [3.8, 4) is 0 Å². The van der Waals surface area contributed by atoms with Crippen LogP contribution < -0.4 is 0 Å².